The number of fused-ring (bicyclic) bond motifs is 9. The smallest absolute Gasteiger partial charge is 0.0343 e. The maximum Gasteiger partial charge on any atom is -0.0343 e. The number of pyridine rings is 1. The van der Waals surface area contributed by atoms with Crippen LogP contribution >= 0.6 is 0 Å². The summed E-state index contributed by atoms with van der Waals surface area (Å²) in [4.78, 5) is 10.1. The van der Waals surface area contributed by atoms with E-state index in [1.807, 2.05) is 6.20 Å². The van der Waals surface area contributed by atoms with E-state index in [1.165, 1.54) is 50.1 Å². The standard InChI is InChI=1S/C77H73N5O.Pt/c1-73(2,3)53-26-22-28-58(44-53)81-66-33-19-16-30-62(66)77(63-31-17-20-34-67(63)81)64-32-18-21-35-68(64)82(72-47-54(40-41-78-72)74(4,5)6)70-49-61(37-38-65(70)77)83-60-29-23-27-57(48-60)79-50-80(59-45-55(75(7,8)9)43-56(46-59)76(10,11)12)71-42-52(36-39-69(71)79)51-24-14-13-15-25-51;/h13-49H,1-12H3;. The molecule has 0 saturated heterocycles. The molecule has 0 N–H and O–H groups in total. The molecule has 0 atom stereocenters. The average Bonchev–Trinajstić information content (AvgIpc) is 2.47. The van der Waals surface area contributed by atoms with Crippen LogP contribution in [0.3, 0.4) is 0 Å². The summed E-state index contributed by atoms with van der Waals surface area (Å²) in [6.45, 7) is 27.5. The largest absolute Gasteiger partial charge is 0.0343 e. The van der Waals surface area contributed by atoms with Crippen molar-refractivity contribution in [1.82, 2.24) is 14.1 Å². The number of nitrogens with zero attached hydrogens (tertiary/aromatic N) is 5. The van der Waals surface area contributed by atoms with Crippen LogP contribution in [0.2, 0.25) is 0 Å². The fourth-order valence-electron chi connectivity index (χ4n) is 12.7. The summed E-state index contributed by atoms with van der Waals surface area (Å²) in [6, 6.07) is 80.6. The van der Waals surface area contributed by atoms with Crippen molar-refractivity contribution in [2.24, 2.45) is 0 Å². The van der Waals surface area contributed by atoms with Crippen molar-refractivity contribution in [3.63, 3.8) is 0 Å². The minimum absolute atomic E-state index is 0.0306. The van der Waals surface area contributed by atoms with E-state index < -0.39 is 5.41 Å². The van der Waals surface area contributed by atoms with Crippen LogP contribution in [-0.4, -0.2) is 14.1 Å². The van der Waals surface area contributed by atoms with Gasteiger partial charge in [-0.15, -0.1) is 0 Å². The minimum atomic E-state index is -0.740. The van der Waals surface area contributed by atoms with E-state index in [4.69, 9.17) is 9.72 Å². The SMILES string of the molecule is CC(C)(C)c1cccc(N2c3ccccc3C3(c4ccccc42)c2ccccc2N(c2cc(C(C)(C)C)ccn2)c2cc(Oc4cccc(-n5[c](=[Pt])n(-c6cc(C(C)(C)C)cc(C(C)(C)C)c6)c6cc(-c7ccccc7)ccc65)c4)ccc23)c1. The van der Waals surface area contributed by atoms with E-state index in [0.29, 0.717) is 0 Å². The van der Waals surface area contributed by atoms with E-state index in [1.54, 1.807) is 0 Å². The van der Waals surface area contributed by atoms with Gasteiger partial charge < -0.3 is 4.90 Å². The number of hydrogen-bond donors (Lipinski definition) is 0. The third-order valence-electron chi connectivity index (χ3n) is 17.2. The van der Waals surface area contributed by atoms with Gasteiger partial charge in [0.15, 0.2) is 0 Å². The normalized spacial score (nSPS) is 13.8. The topological polar surface area (TPSA) is 38.5 Å². The Morgan fingerprint density at radius 3 is 1.49 bits per heavy atom. The maximum absolute atomic E-state index is 7.23. The van der Waals surface area contributed by atoms with Crippen LogP contribution in [0.5, 0.6) is 11.5 Å². The molecule has 1 spiro atoms. The molecule has 2 aromatic heterocycles. The van der Waals surface area contributed by atoms with Crippen LogP contribution in [0.25, 0.3) is 33.5 Å². The fraction of sp³-hybridized carbons (Fsp3) is 0.221. The molecular formula is C77H73N5OPt. The molecule has 7 heteroatoms. The van der Waals surface area contributed by atoms with Crippen LogP contribution in [0.15, 0.2) is 225 Å². The van der Waals surface area contributed by atoms with Gasteiger partial charge in [-0.2, -0.15) is 0 Å². The molecule has 422 valence electrons. The zero-order chi connectivity index (χ0) is 58.7. The van der Waals surface area contributed by atoms with Crippen molar-refractivity contribution < 1.29 is 24.1 Å². The first kappa shape index (κ1) is 54.9. The van der Waals surface area contributed by atoms with Crippen LogP contribution < -0.4 is 14.5 Å². The molecule has 2 aliphatic rings. The zero-order valence-electron chi connectivity index (χ0n) is 50.3. The molecule has 0 fully saturated rings. The van der Waals surface area contributed by atoms with Gasteiger partial charge in [-0.1, -0.05) is 108 Å². The number of para-hydroxylation sites is 3. The number of aromatic nitrogens is 3. The van der Waals surface area contributed by atoms with E-state index in [9.17, 15) is 0 Å². The molecule has 4 heterocycles. The predicted octanol–water partition coefficient (Wildman–Crippen LogP) is 20.5. The molecule has 84 heavy (non-hydrogen) atoms. The van der Waals surface area contributed by atoms with E-state index >= 15 is 0 Å². The third kappa shape index (κ3) is 9.29. The van der Waals surface area contributed by atoms with Gasteiger partial charge in [0.1, 0.15) is 0 Å². The molecule has 2 aliphatic heterocycles. The third-order valence-corrected chi connectivity index (χ3v) is 18.2. The number of imidazole rings is 1. The summed E-state index contributed by atoms with van der Waals surface area (Å²) in [5.41, 5.74) is 21.1. The average molecular weight is 1280 g/mol. The first-order chi connectivity index (χ1) is 40.1. The van der Waals surface area contributed by atoms with Crippen molar-refractivity contribution in [3.05, 3.63) is 273 Å². The number of anilines is 6. The van der Waals surface area contributed by atoms with Crippen LogP contribution in [0.1, 0.15) is 128 Å². The van der Waals surface area contributed by atoms with E-state index in [2.05, 4.69) is 340 Å². The summed E-state index contributed by atoms with van der Waals surface area (Å²) in [7, 11) is 0. The molecule has 0 radical (unpaired) electrons. The molecule has 0 amide bonds. The Bertz CT molecular complexity index is 4340. The number of rotatable bonds is 7. The molecule has 9 aromatic carbocycles. The molecular weight excluding hydrogens is 1210 g/mol. The van der Waals surface area contributed by atoms with E-state index in [-0.39, 0.29) is 21.7 Å². The van der Waals surface area contributed by atoms with E-state index in [0.717, 1.165) is 77.5 Å². The van der Waals surface area contributed by atoms with Crippen LogP contribution in [0.4, 0.5) is 34.3 Å². The molecule has 13 rings (SSSR count). The molecule has 11 aromatic rings. The second-order valence-corrected chi connectivity index (χ2v) is 28.0. The first-order valence-corrected chi connectivity index (χ1v) is 30.6. The zero-order valence-corrected chi connectivity index (χ0v) is 52.6. The second kappa shape index (κ2) is 20.2. The quantitative estimate of drug-likeness (QED) is 0.159. The van der Waals surface area contributed by atoms with Gasteiger partial charge in [0, 0.05) is 11.9 Å². The van der Waals surface area contributed by atoms with Gasteiger partial charge in [-0.25, -0.2) is 0 Å². The Labute approximate surface area is 507 Å². The summed E-state index contributed by atoms with van der Waals surface area (Å²) >= 11 is 2.54. The molecule has 0 unspecified atom stereocenters. The van der Waals surface area contributed by atoms with Crippen molar-refractivity contribution in [2.75, 3.05) is 9.80 Å². The van der Waals surface area contributed by atoms with Gasteiger partial charge in [0.2, 0.25) is 0 Å². The predicted molar refractivity (Wildman–Crippen MR) is 345 cm³/mol. The molecule has 6 nitrogen and oxygen atoms in total. The van der Waals surface area contributed by atoms with Crippen LogP contribution in [-0.2, 0) is 46.4 Å². The Balaban J connectivity index is 0.999. The van der Waals surface area contributed by atoms with Gasteiger partial charge in [0.05, 0.1) is 11.4 Å². The van der Waals surface area contributed by atoms with Crippen molar-refractivity contribution in [3.8, 4) is 34.0 Å². The Hall–Kier alpha value is -8.31. The first-order valence-electron chi connectivity index (χ1n) is 29.4. The number of benzene rings is 9. The fourth-order valence-corrected chi connectivity index (χ4v) is 13.8. The summed E-state index contributed by atoms with van der Waals surface area (Å²) in [5.74, 6) is 2.30. The Morgan fingerprint density at radius 1 is 0.357 bits per heavy atom. The van der Waals surface area contributed by atoms with Gasteiger partial charge in [0.25, 0.3) is 0 Å². The summed E-state index contributed by atoms with van der Waals surface area (Å²) in [5, 5.41) is 0. The van der Waals surface area contributed by atoms with Crippen LogP contribution in [0, 0.1) is 3.80 Å². The van der Waals surface area contributed by atoms with Crippen molar-refractivity contribution in [2.45, 2.75) is 110 Å². The molecule has 0 bridgehead atoms. The summed E-state index contributed by atoms with van der Waals surface area (Å²) < 4.78 is 13.1. The summed E-state index contributed by atoms with van der Waals surface area (Å²) in [6.07, 6.45) is 1.96. The second-order valence-electron chi connectivity index (χ2n) is 27.0. The van der Waals surface area contributed by atoms with Crippen molar-refractivity contribution >= 4 is 45.3 Å². The Morgan fingerprint density at radius 2 is 0.869 bits per heavy atom. The number of ether oxygens (including phenoxy) is 1. The molecule has 0 aliphatic carbocycles. The van der Waals surface area contributed by atoms with Gasteiger partial charge in [-0.3, -0.25) is 0 Å². The van der Waals surface area contributed by atoms with Gasteiger partial charge >= 0.3 is 322 Å². The monoisotopic (exact) mass is 1280 g/mol. The number of hydrogen-bond acceptors (Lipinski definition) is 4. The van der Waals surface area contributed by atoms with Crippen molar-refractivity contribution in [1.29, 1.82) is 0 Å². The minimum Gasteiger partial charge on any atom is -0.0343 e. The molecule has 0 saturated carbocycles. The maximum atomic E-state index is 7.23. The Kier molecular flexibility index (Phi) is 13.2. The van der Waals surface area contributed by atoms with Gasteiger partial charge in [-0.05, 0) is 52.3 Å².